The maximum absolute atomic E-state index is 11.1. The van der Waals surface area contributed by atoms with Gasteiger partial charge in [-0.3, -0.25) is 9.59 Å². The number of carbonyl (C=O) groups is 2. The molecular formula is C8H13NO4. The average molecular weight is 187 g/mol. The molecule has 1 saturated heterocycles. The van der Waals surface area contributed by atoms with E-state index in [0.717, 1.165) is 6.42 Å². The average Bonchev–Trinajstić information content (AvgIpc) is 2.84. The van der Waals surface area contributed by atoms with Crippen molar-refractivity contribution in [2.24, 2.45) is 0 Å². The molecule has 0 aromatic carbocycles. The van der Waals surface area contributed by atoms with Crippen LogP contribution in [0.2, 0.25) is 0 Å². The molecule has 1 heterocycles. The number of hydroxylamine groups is 2. The summed E-state index contributed by atoms with van der Waals surface area (Å²) in [5.74, 6) is -0.437. The molecular weight excluding hydrogens is 174 g/mol. The summed E-state index contributed by atoms with van der Waals surface area (Å²) in [7, 11) is 1.31. The van der Waals surface area contributed by atoms with Gasteiger partial charge in [0.15, 0.2) is 6.23 Å². The van der Waals surface area contributed by atoms with E-state index >= 15 is 0 Å². The van der Waals surface area contributed by atoms with Gasteiger partial charge in [0.25, 0.3) is 0 Å². The summed E-state index contributed by atoms with van der Waals surface area (Å²) in [6.45, 7) is 1.91. The lowest BCUT2D eigenvalue weighted by Crippen LogP contribution is -2.15. The topological polar surface area (TPSA) is 58.9 Å². The second kappa shape index (κ2) is 4.23. The summed E-state index contributed by atoms with van der Waals surface area (Å²) in [6.07, 6.45) is 0.958. The first-order valence-corrected chi connectivity index (χ1v) is 4.24. The van der Waals surface area contributed by atoms with Crippen LogP contribution < -0.4 is 0 Å². The van der Waals surface area contributed by atoms with Crippen molar-refractivity contribution in [1.82, 2.24) is 5.06 Å². The fourth-order valence-electron chi connectivity index (χ4n) is 0.993. The van der Waals surface area contributed by atoms with E-state index in [9.17, 15) is 9.59 Å². The van der Waals surface area contributed by atoms with Gasteiger partial charge in [-0.2, -0.15) is 5.06 Å². The highest BCUT2D eigenvalue weighted by atomic mass is 16.8. The van der Waals surface area contributed by atoms with Crippen LogP contribution in [-0.4, -0.2) is 30.3 Å². The van der Waals surface area contributed by atoms with Crippen molar-refractivity contribution in [1.29, 1.82) is 0 Å². The van der Waals surface area contributed by atoms with Gasteiger partial charge >= 0.3 is 5.97 Å². The summed E-state index contributed by atoms with van der Waals surface area (Å²) in [6, 6.07) is 0. The molecule has 13 heavy (non-hydrogen) atoms. The number of hydrogen-bond acceptors (Lipinski definition) is 4. The normalized spacial score (nSPS) is 19.8. The summed E-state index contributed by atoms with van der Waals surface area (Å²) in [5.41, 5.74) is 0. The summed E-state index contributed by atoms with van der Waals surface area (Å²) in [5, 5.41) is 1.22. The lowest BCUT2D eigenvalue weighted by Gasteiger charge is -1.96. The Labute approximate surface area is 76.6 Å². The van der Waals surface area contributed by atoms with Gasteiger partial charge in [0.2, 0.25) is 5.91 Å². The molecule has 5 nitrogen and oxygen atoms in total. The molecule has 1 fully saturated rings. The lowest BCUT2D eigenvalue weighted by molar-refractivity contribution is -0.141. The highest BCUT2D eigenvalue weighted by molar-refractivity contribution is 5.78. The van der Waals surface area contributed by atoms with Crippen LogP contribution in [0.5, 0.6) is 0 Å². The smallest absolute Gasteiger partial charge is 0.310 e. The van der Waals surface area contributed by atoms with E-state index in [2.05, 4.69) is 4.74 Å². The fourth-order valence-corrected chi connectivity index (χ4v) is 0.993. The fraction of sp³-hybridized carbons (Fsp3) is 0.750. The Kier molecular flexibility index (Phi) is 3.25. The molecule has 0 N–H and O–H groups in total. The first-order chi connectivity index (χ1) is 6.19. The third kappa shape index (κ3) is 2.69. The molecule has 1 unspecified atom stereocenters. The van der Waals surface area contributed by atoms with Crippen molar-refractivity contribution in [2.45, 2.75) is 32.4 Å². The third-order valence-electron chi connectivity index (χ3n) is 1.73. The number of rotatable bonds is 4. The molecule has 1 amide bonds. The van der Waals surface area contributed by atoms with Crippen LogP contribution in [0.25, 0.3) is 0 Å². The van der Waals surface area contributed by atoms with Gasteiger partial charge in [-0.15, -0.1) is 0 Å². The van der Waals surface area contributed by atoms with Crippen molar-refractivity contribution < 1.29 is 19.2 Å². The minimum Gasteiger partial charge on any atom is -0.469 e. The number of esters is 1. The molecule has 1 rings (SSSR count). The predicted molar refractivity (Wildman–Crippen MR) is 43.3 cm³/mol. The second-order valence-corrected chi connectivity index (χ2v) is 2.81. The van der Waals surface area contributed by atoms with Crippen LogP contribution in [0.3, 0.4) is 0 Å². The van der Waals surface area contributed by atoms with Gasteiger partial charge in [-0.25, -0.2) is 4.84 Å². The molecule has 0 aliphatic carbocycles. The van der Waals surface area contributed by atoms with Crippen LogP contribution >= 0.6 is 0 Å². The van der Waals surface area contributed by atoms with E-state index in [1.165, 1.54) is 12.2 Å². The van der Waals surface area contributed by atoms with Crippen molar-refractivity contribution in [3.05, 3.63) is 0 Å². The zero-order valence-corrected chi connectivity index (χ0v) is 7.78. The SMILES string of the molecule is CCCC(=O)N1OC1CC(=O)OC. The highest BCUT2D eigenvalue weighted by Gasteiger charge is 2.42. The Bertz CT molecular complexity index is 216. The first-order valence-electron chi connectivity index (χ1n) is 4.24. The van der Waals surface area contributed by atoms with Crippen molar-refractivity contribution in [2.75, 3.05) is 7.11 Å². The van der Waals surface area contributed by atoms with Crippen LogP contribution in [0.1, 0.15) is 26.2 Å². The molecule has 5 heteroatoms. The van der Waals surface area contributed by atoms with Crippen LogP contribution in [0.15, 0.2) is 0 Å². The highest BCUT2D eigenvalue weighted by Crippen LogP contribution is 2.24. The Morgan fingerprint density at radius 3 is 2.77 bits per heavy atom. The van der Waals surface area contributed by atoms with E-state index in [1.807, 2.05) is 6.92 Å². The minimum atomic E-state index is -0.397. The second-order valence-electron chi connectivity index (χ2n) is 2.81. The Balaban J connectivity index is 2.22. The molecule has 0 aromatic heterocycles. The van der Waals surface area contributed by atoms with Crippen molar-refractivity contribution in [3.63, 3.8) is 0 Å². The Morgan fingerprint density at radius 1 is 1.54 bits per heavy atom. The maximum atomic E-state index is 11.1. The molecule has 1 aliphatic heterocycles. The van der Waals surface area contributed by atoms with Gasteiger partial charge in [0.05, 0.1) is 13.5 Å². The first kappa shape index (κ1) is 9.98. The number of amides is 1. The van der Waals surface area contributed by atoms with Crippen LogP contribution in [0.4, 0.5) is 0 Å². The van der Waals surface area contributed by atoms with Crippen LogP contribution in [0, 0.1) is 0 Å². The lowest BCUT2D eigenvalue weighted by atomic mass is 10.3. The molecule has 1 atom stereocenters. The van der Waals surface area contributed by atoms with E-state index < -0.39 is 6.23 Å². The standard InChI is InChI=1S/C8H13NO4/c1-3-4-6(10)9-7(13-9)5-8(11)12-2/h7H,3-5H2,1-2H3. The number of methoxy groups -OCH3 is 1. The van der Waals surface area contributed by atoms with Gasteiger partial charge < -0.3 is 4.74 Å². The van der Waals surface area contributed by atoms with Gasteiger partial charge in [-0.1, -0.05) is 6.92 Å². The zero-order chi connectivity index (χ0) is 9.84. The minimum absolute atomic E-state index is 0.0728. The van der Waals surface area contributed by atoms with Crippen LogP contribution in [-0.2, 0) is 19.2 Å². The largest absolute Gasteiger partial charge is 0.469 e. The summed E-state index contributed by atoms with van der Waals surface area (Å²) in [4.78, 5) is 26.8. The summed E-state index contributed by atoms with van der Waals surface area (Å²) < 4.78 is 4.43. The number of ether oxygens (including phenoxy) is 1. The monoisotopic (exact) mass is 187 g/mol. The van der Waals surface area contributed by atoms with Gasteiger partial charge in [0.1, 0.15) is 0 Å². The Morgan fingerprint density at radius 2 is 2.23 bits per heavy atom. The zero-order valence-electron chi connectivity index (χ0n) is 7.78. The molecule has 0 spiro atoms. The van der Waals surface area contributed by atoms with E-state index in [1.54, 1.807) is 0 Å². The molecule has 0 saturated carbocycles. The van der Waals surface area contributed by atoms with E-state index in [0.29, 0.717) is 6.42 Å². The molecule has 0 radical (unpaired) electrons. The number of nitrogens with zero attached hydrogens (tertiary/aromatic N) is 1. The third-order valence-corrected chi connectivity index (χ3v) is 1.73. The van der Waals surface area contributed by atoms with E-state index in [-0.39, 0.29) is 18.3 Å². The van der Waals surface area contributed by atoms with Crippen molar-refractivity contribution >= 4 is 11.9 Å². The van der Waals surface area contributed by atoms with E-state index in [4.69, 9.17) is 4.84 Å². The molecule has 0 bridgehead atoms. The van der Waals surface area contributed by atoms with Gasteiger partial charge in [-0.05, 0) is 6.42 Å². The molecule has 0 aromatic rings. The van der Waals surface area contributed by atoms with Gasteiger partial charge in [0, 0.05) is 6.42 Å². The van der Waals surface area contributed by atoms with Crippen molar-refractivity contribution in [3.8, 4) is 0 Å². The molecule has 1 aliphatic rings. The Hall–Kier alpha value is -1.10. The number of carbonyl (C=O) groups excluding carboxylic acids is 2. The quantitative estimate of drug-likeness (QED) is 0.473. The maximum Gasteiger partial charge on any atom is 0.310 e. The predicted octanol–water partition coefficient (Wildman–Crippen LogP) is 0.450. The molecule has 74 valence electrons. The number of hydrogen-bond donors (Lipinski definition) is 0. The summed E-state index contributed by atoms with van der Waals surface area (Å²) >= 11 is 0.